The summed E-state index contributed by atoms with van der Waals surface area (Å²) in [7, 11) is 0. The molecule has 0 aliphatic heterocycles. The van der Waals surface area contributed by atoms with Crippen LogP contribution in [0.15, 0.2) is 84.9 Å². The van der Waals surface area contributed by atoms with E-state index >= 15 is 0 Å². The summed E-state index contributed by atoms with van der Waals surface area (Å²) < 4.78 is 0. The largest absolute Gasteiger partial charge is 0.0683 e. The zero-order valence-electron chi connectivity index (χ0n) is 16.1. The van der Waals surface area contributed by atoms with Gasteiger partial charge in [-0.25, -0.2) is 0 Å². The van der Waals surface area contributed by atoms with E-state index in [0.717, 1.165) is 0 Å². The van der Waals surface area contributed by atoms with Gasteiger partial charge in [-0.15, -0.1) is 0 Å². The van der Waals surface area contributed by atoms with Gasteiger partial charge in [-0.1, -0.05) is 98.8 Å². The number of benzene rings is 5. The summed E-state index contributed by atoms with van der Waals surface area (Å²) in [6.07, 6.45) is 0. The van der Waals surface area contributed by atoms with Gasteiger partial charge in [0.15, 0.2) is 0 Å². The zero-order valence-corrected chi connectivity index (χ0v) is 16.1. The van der Waals surface area contributed by atoms with E-state index < -0.39 is 0 Å². The van der Waals surface area contributed by atoms with Crippen molar-refractivity contribution in [3.05, 3.63) is 84.9 Å². The third kappa shape index (κ3) is 1.71. The fraction of sp³-hybridized carbons (Fsp3) is 0.0714. The van der Waals surface area contributed by atoms with Crippen molar-refractivity contribution in [3.8, 4) is 0 Å². The van der Waals surface area contributed by atoms with Gasteiger partial charge in [-0.2, -0.15) is 0 Å². The minimum atomic E-state index is 1.37. The molecule has 7 aromatic rings. The molecule has 0 unspecified atom stereocenters. The molecule has 0 amide bonds. The maximum atomic E-state index is 2.31. The summed E-state index contributed by atoms with van der Waals surface area (Å²) in [5.74, 6) is 0. The lowest BCUT2D eigenvalue weighted by Crippen LogP contribution is -1.79. The lowest BCUT2D eigenvalue weighted by molar-refractivity contribution is 1.50. The molecule has 0 aliphatic carbocycles. The van der Waals surface area contributed by atoms with E-state index in [1.165, 1.54) is 64.6 Å². The van der Waals surface area contributed by atoms with Crippen LogP contribution in [0.3, 0.4) is 0 Å². The van der Waals surface area contributed by atoms with E-state index in [1.807, 2.05) is 13.8 Å². The van der Waals surface area contributed by atoms with Crippen molar-refractivity contribution in [2.45, 2.75) is 13.8 Å². The first-order chi connectivity index (χ1) is 13.9. The number of rotatable bonds is 0. The lowest BCUT2D eigenvalue weighted by atomic mass is 9.95. The molecule has 0 saturated carbocycles. The minimum absolute atomic E-state index is 1.37. The van der Waals surface area contributed by atoms with Crippen molar-refractivity contribution in [2.75, 3.05) is 0 Å². The highest BCUT2D eigenvalue weighted by Crippen LogP contribution is 2.49. The molecule has 0 bridgehead atoms. The normalized spacial score (nSPS) is 11.9. The van der Waals surface area contributed by atoms with Gasteiger partial charge in [0.1, 0.15) is 0 Å². The Balaban J connectivity index is 0.000000756. The van der Waals surface area contributed by atoms with Gasteiger partial charge < -0.3 is 0 Å². The summed E-state index contributed by atoms with van der Waals surface area (Å²) in [5, 5.41) is 16.7. The maximum Gasteiger partial charge on any atom is -0.00137 e. The average Bonchev–Trinajstić information content (AvgIpc) is 3.29. The Morgan fingerprint density at radius 1 is 0.286 bits per heavy atom. The summed E-state index contributed by atoms with van der Waals surface area (Å²) in [6.45, 7) is 4.00. The Morgan fingerprint density at radius 2 is 0.536 bits per heavy atom. The predicted molar refractivity (Wildman–Crippen MR) is 125 cm³/mol. The Morgan fingerprint density at radius 3 is 0.893 bits per heavy atom. The Kier molecular flexibility index (Phi) is 3.11. The van der Waals surface area contributed by atoms with Crippen molar-refractivity contribution >= 4 is 64.6 Å². The Hall–Kier alpha value is -3.38. The van der Waals surface area contributed by atoms with Crippen LogP contribution in [0, 0.1) is 0 Å². The topological polar surface area (TPSA) is 0 Å². The molecule has 0 spiro atoms. The van der Waals surface area contributed by atoms with Crippen LogP contribution in [0.4, 0.5) is 0 Å². The van der Waals surface area contributed by atoms with Crippen molar-refractivity contribution in [3.63, 3.8) is 0 Å². The van der Waals surface area contributed by atoms with Gasteiger partial charge in [-0.05, 0) is 64.6 Å². The first-order valence-corrected chi connectivity index (χ1v) is 10.1. The molecule has 28 heavy (non-hydrogen) atoms. The third-order valence-corrected chi connectivity index (χ3v) is 6.14. The molecule has 0 heterocycles. The van der Waals surface area contributed by atoms with E-state index in [-0.39, 0.29) is 0 Å². The summed E-state index contributed by atoms with van der Waals surface area (Å²) in [5.41, 5.74) is 0. The molecule has 0 aliphatic rings. The van der Waals surface area contributed by atoms with E-state index in [0.29, 0.717) is 0 Å². The van der Waals surface area contributed by atoms with Crippen LogP contribution < -0.4 is 0 Å². The van der Waals surface area contributed by atoms with Crippen molar-refractivity contribution in [1.29, 1.82) is 0 Å². The molecule has 7 aromatic carbocycles. The fourth-order valence-corrected chi connectivity index (χ4v) is 5.21. The molecule has 0 saturated heterocycles. The van der Waals surface area contributed by atoms with Gasteiger partial charge in [0, 0.05) is 0 Å². The van der Waals surface area contributed by atoms with Crippen LogP contribution in [-0.2, 0) is 0 Å². The van der Waals surface area contributed by atoms with Gasteiger partial charge in [0.2, 0.25) is 0 Å². The van der Waals surface area contributed by atoms with Crippen molar-refractivity contribution in [2.24, 2.45) is 0 Å². The number of fused-ring (bicyclic) bond motifs is 8. The third-order valence-electron chi connectivity index (χ3n) is 6.14. The molecule has 0 nitrogen and oxygen atoms in total. The first-order valence-electron chi connectivity index (χ1n) is 10.1. The van der Waals surface area contributed by atoms with Crippen LogP contribution in [0.1, 0.15) is 13.8 Å². The van der Waals surface area contributed by atoms with Crippen LogP contribution in [0.25, 0.3) is 64.6 Å². The highest BCUT2D eigenvalue weighted by atomic mass is 14.2. The van der Waals surface area contributed by atoms with Crippen molar-refractivity contribution < 1.29 is 0 Å². The second-order valence-corrected chi connectivity index (χ2v) is 7.30. The van der Waals surface area contributed by atoms with Crippen molar-refractivity contribution in [1.82, 2.24) is 0 Å². The second kappa shape index (κ2) is 5.56. The molecule has 0 aromatic heterocycles. The van der Waals surface area contributed by atoms with E-state index in [9.17, 15) is 0 Å². The Bertz CT molecular complexity index is 1490. The second-order valence-electron chi connectivity index (χ2n) is 7.30. The van der Waals surface area contributed by atoms with E-state index in [1.54, 1.807) is 0 Å². The molecule has 0 radical (unpaired) electrons. The molecular weight excluding hydrogens is 336 g/mol. The SMILES string of the molecule is CC.c1ccc2c(c1)c1cccc3c4c5ccccc5c5cccc(c2c13)c54. The van der Waals surface area contributed by atoms with Gasteiger partial charge in [0.25, 0.3) is 0 Å². The van der Waals surface area contributed by atoms with Crippen LogP contribution >= 0.6 is 0 Å². The Labute approximate surface area is 163 Å². The molecule has 0 atom stereocenters. The van der Waals surface area contributed by atoms with Gasteiger partial charge in [-0.3, -0.25) is 0 Å². The zero-order chi connectivity index (χ0) is 18.8. The van der Waals surface area contributed by atoms with Gasteiger partial charge >= 0.3 is 0 Å². The fourth-order valence-electron chi connectivity index (χ4n) is 5.21. The molecular formula is C28H20. The van der Waals surface area contributed by atoms with E-state index in [2.05, 4.69) is 84.9 Å². The summed E-state index contributed by atoms with van der Waals surface area (Å²) in [4.78, 5) is 0. The molecule has 7 rings (SSSR count). The maximum absolute atomic E-state index is 2.31. The highest BCUT2D eigenvalue weighted by molar-refractivity contribution is 6.47. The van der Waals surface area contributed by atoms with Crippen LogP contribution in [-0.4, -0.2) is 0 Å². The molecule has 0 fully saturated rings. The average molecular weight is 356 g/mol. The first kappa shape index (κ1) is 15.7. The molecule has 0 N–H and O–H groups in total. The summed E-state index contributed by atoms with van der Waals surface area (Å²) >= 11 is 0. The minimum Gasteiger partial charge on any atom is -0.0683 e. The van der Waals surface area contributed by atoms with Crippen LogP contribution in [0.5, 0.6) is 0 Å². The number of hydrogen-bond acceptors (Lipinski definition) is 0. The smallest absolute Gasteiger partial charge is 0.00137 e. The van der Waals surface area contributed by atoms with Crippen LogP contribution in [0.2, 0.25) is 0 Å². The monoisotopic (exact) mass is 356 g/mol. The highest BCUT2D eigenvalue weighted by Gasteiger charge is 2.20. The molecule has 132 valence electrons. The summed E-state index contributed by atoms with van der Waals surface area (Å²) in [6, 6.07) is 31.3. The molecule has 0 heteroatoms. The quantitative estimate of drug-likeness (QED) is 0.239. The van der Waals surface area contributed by atoms with E-state index in [4.69, 9.17) is 0 Å². The predicted octanol–water partition coefficient (Wildman–Crippen LogP) is 8.51. The van der Waals surface area contributed by atoms with Gasteiger partial charge in [0.05, 0.1) is 0 Å². The number of hydrogen-bond donors (Lipinski definition) is 0. The lowest BCUT2D eigenvalue weighted by Gasteiger charge is -2.07. The standard InChI is InChI=1S/C26H14.C2H6/c1-3-9-17-15(7-1)19-11-5-13-22-24-18-10-4-2-8-16(18)20-12-6-14-21(26(20)24)23(17)25(19)22;1-2/h1-14H;1-2H3.